The highest BCUT2D eigenvalue weighted by molar-refractivity contribution is 9.10. The van der Waals surface area contributed by atoms with Crippen molar-refractivity contribution >= 4 is 50.9 Å². The molecule has 0 aliphatic heterocycles. The number of hydrogen-bond donors (Lipinski definition) is 1. The minimum absolute atomic E-state index is 0.0472. The number of rotatable bonds is 7. The summed E-state index contributed by atoms with van der Waals surface area (Å²) >= 11 is 15.6. The first kappa shape index (κ1) is 22.4. The smallest absolute Gasteiger partial charge is 0.277 e. The van der Waals surface area contributed by atoms with Gasteiger partial charge in [-0.1, -0.05) is 59.1 Å². The van der Waals surface area contributed by atoms with Crippen molar-refractivity contribution in [3.8, 4) is 5.75 Å². The fraction of sp³-hybridized carbons (Fsp3) is 0.136. The molecule has 0 aliphatic rings. The zero-order valence-electron chi connectivity index (χ0n) is 16.9. The Balaban J connectivity index is 1.39. The molecular weight excluding hydrogens is 517 g/mol. The van der Waals surface area contributed by atoms with Crippen molar-refractivity contribution in [2.75, 3.05) is 5.32 Å². The fourth-order valence-electron chi connectivity index (χ4n) is 2.92. The molecule has 2 aromatic heterocycles. The van der Waals surface area contributed by atoms with Gasteiger partial charge in [0.15, 0.2) is 24.0 Å². The Hall–Kier alpha value is -2.81. The quantitative estimate of drug-likeness (QED) is 0.325. The summed E-state index contributed by atoms with van der Waals surface area (Å²) in [7, 11) is 0. The number of benzene rings is 2. The van der Waals surface area contributed by atoms with E-state index >= 15 is 0 Å². The van der Waals surface area contributed by atoms with Crippen LogP contribution in [0.3, 0.4) is 0 Å². The molecule has 10 heteroatoms. The van der Waals surface area contributed by atoms with E-state index < -0.39 is 0 Å². The molecule has 0 fully saturated rings. The lowest BCUT2D eigenvalue weighted by Gasteiger charge is -2.09. The minimum Gasteiger partial charge on any atom is -0.468 e. The average Bonchev–Trinajstić information content (AvgIpc) is 3.36. The number of hydrogen-bond acceptors (Lipinski definition) is 4. The lowest BCUT2D eigenvalue weighted by Crippen LogP contribution is -2.15. The van der Waals surface area contributed by atoms with Crippen molar-refractivity contribution in [1.82, 2.24) is 19.6 Å². The monoisotopic (exact) mass is 533 g/mol. The van der Waals surface area contributed by atoms with Gasteiger partial charge in [-0.05, 0) is 46.6 Å². The summed E-state index contributed by atoms with van der Waals surface area (Å²) in [6.07, 6.45) is 3.44. The number of nitrogens with zero attached hydrogens (tertiary/aromatic N) is 4. The summed E-state index contributed by atoms with van der Waals surface area (Å²) in [6.45, 7) is 2.68. The normalized spacial score (nSPS) is 10.9. The molecule has 7 nitrogen and oxygen atoms in total. The predicted octanol–water partition coefficient (Wildman–Crippen LogP) is 5.79. The second-order valence-corrected chi connectivity index (χ2v) is 8.70. The maximum Gasteiger partial charge on any atom is 0.277 e. The summed E-state index contributed by atoms with van der Waals surface area (Å²) in [5.74, 6) is 0.386. The van der Waals surface area contributed by atoms with Crippen LogP contribution in [0.5, 0.6) is 5.75 Å². The van der Waals surface area contributed by atoms with Gasteiger partial charge in [0.2, 0.25) is 0 Å². The Bertz CT molecular complexity index is 1230. The standard InChI is InChI=1S/C22H18BrCl2N5O2/c1-14-5-7-15(8-6-14)11-30-12-16(23)21(28-30)26-22(31)19-9-10-29(27-19)13-32-20-17(24)3-2-4-18(20)25/h2-10,12H,11,13H2,1H3,(H,26,28,31). The van der Waals surface area contributed by atoms with E-state index in [1.165, 1.54) is 10.2 Å². The zero-order valence-corrected chi connectivity index (χ0v) is 20.0. The van der Waals surface area contributed by atoms with Crippen LogP contribution in [-0.4, -0.2) is 25.5 Å². The summed E-state index contributed by atoms with van der Waals surface area (Å²) in [4.78, 5) is 12.6. The van der Waals surface area contributed by atoms with Gasteiger partial charge in [-0.25, -0.2) is 4.68 Å². The van der Waals surface area contributed by atoms with Crippen molar-refractivity contribution < 1.29 is 9.53 Å². The largest absolute Gasteiger partial charge is 0.468 e. The number of aromatic nitrogens is 4. The minimum atomic E-state index is -0.388. The van der Waals surface area contributed by atoms with E-state index in [1.54, 1.807) is 35.1 Å². The third-order valence-corrected chi connectivity index (χ3v) is 5.72. The van der Waals surface area contributed by atoms with Gasteiger partial charge in [0, 0.05) is 12.4 Å². The molecule has 0 atom stereocenters. The number of anilines is 1. The molecule has 32 heavy (non-hydrogen) atoms. The first-order valence-corrected chi connectivity index (χ1v) is 11.1. The van der Waals surface area contributed by atoms with Crippen LogP contribution in [0, 0.1) is 6.92 Å². The van der Waals surface area contributed by atoms with Crippen molar-refractivity contribution in [2.45, 2.75) is 20.2 Å². The Morgan fingerprint density at radius 1 is 1.06 bits per heavy atom. The number of nitrogens with one attached hydrogen (secondary N) is 1. The van der Waals surface area contributed by atoms with E-state index in [4.69, 9.17) is 27.9 Å². The van der Waals surface area contributed by atoms with Gasteiger partial charge in [-0.2, -0.15) is 10.2 Å². The van der Waals surface area contributed by atoms with Crippen LogP contribution in [0.1, 0.15) is 21.6 Å². The summed E-state index contributed by atoms with van der Waals surface area (Å²) in [5, 5.41) is 12.2. The topological polar surface area (TPSA) is 74.0 Å². The van der Waals surface area contributed by atoms with Gasteiger partial charge < -0.3 is 10.1 Å². The zero-order chi connectivity index (χ0) is 22.7. The number of carbonyl (C=O) groups excluding carboxylic acids is 1. The molecule has 0 unspecified atom stereocenters. The van der Waals surface area contributed by atoms with E-state index in [9.17, 15) is 4.79 Å². The maximum atomic E-state index is 12.6. The molecule has 0 saturated heterocycles. The lowest BCUT2D eigenvalue weighted by atomic mass is 10.1. The van der Waals surface area contributed by atoms with Crippen LogP contribution in [0.2, 0.25) is 10.0 Å². The fourth-order valence-corrected chi connectivity index (χ4v) is 3.84. The van der Waals surface area contributed by atoms with Crippen molar-refractivity contribution in [3.05, 3.63) is 92.3 Å². The number of ether oxygens (including phenoxy) is 1. The Morgan fingerprint density at radius 2 is 1.78 bits per heavy atom. The van der Waals surface area contributed by atoms with Crippen molar-refractivity contribution in [3.63, 3.8) is 0 Å². The highest BCUT2D eigenvalue weighted by Crippen LogP contribution is 2.32. The molecule has 0 aliphatic carbocycles. The van der Waals surface area contributed by atoms with Crippen molar-refractivity contribution in [1.29, 1.82) is 0 Å². The van der Waals surface area contributed by atoms with Gasteiger partial charge in [0.05, 0.1) is 21.1 Å². The number of carbonyl (C=O) groups is 1. The molecule has 1 amide bonds. The van der Waals surface area contributed by atoms with Crippen LogP contribution in [0.15, 0.2) is 65.4 Å². The van der Waals surface area contributed by atoms with E-state index in [0.29, 0.717) is 32.6 Å². The third-order valence-electron chi connectivity index (χ3n) is 4.55. The third kappa shape index (κ3) is 5.32. The van der Waals surface area contributed by atoms with Crippen LogP contribution in [-0.2, 0) is 13.3 Å². The predicted molar refractivity (Wildman–Crippen MR) is 127 cm³/mol. The molecule has 0 bridgehead atoms. The molecule has 4 aromatic rings. The maximum absolute atomic E-state index is 12.6. The molecule has 2 heterocycles. The lowest BCUT2D eigenvalue weighted by molar-refractivity contribution is 0.101. The van der Waals surface area contributed by atoms with Gasteiger partial charge in [0.1, 0.15) is 0 Å². The van der Waals surface area contributed by atoms with Crippen LogP contribution in [0.4, 0.5) is 5.82 Å². The van der Waals surface area contributed by atoms with Crippen LogP contribution >= 0.6 is 39.1 Å². The highest BCUT2D eigenvalue weighted by atomic mass is 79.9. The number of aryl methyl sites for hydroxylation is 1. The van der Waals surface area contributed by atoms with Crippen LogP contribution in [0.25, 0.3) is 0 Å². The van der Waals surface area contributed by atoms with E-state index in [1.807, 2.05) is 25.3 Å². The Labute approximate surface area is 203 Å². The molecule has 1 N–H and O–H groups in total. The molecule has 164 valence electrons. The van der Waals surface area contributed by atoms with E-state index in [-0.39, 0.29) is 18.3 Å². The summed E-state index contributed by atoms with van der Waals surface area (Å²) in [5.41, 5.74) is 2.53. The average molecular weight is 535 g/mol. The molecule has 4 rings (SSSR count). The Kier molecular flexibility index (Phi) is 6.83. The summed E-state index contributed by atoms with van der Waals surface area (Å²) < 4.78 is 9.53. The van der Waals surface area contributed by atoms with Gasteiger partial charge >= 0.3 is 0 Å². The number of amides is 1. The molecule has 0 saturated carbocycles. The molecule has 0 spiro atoms. The molecule has 2 aromatic carbocycles. The number of para-hydroxylation sites is 1. The van der Waals surface area contributed by atoms with Gasteiger partial charge in [-0.15, -0.1) is 0 Å². The second kappa shape index (κ2) is 9.77. The first-order valence-electron chi connectivity index (χ1n) is 9.59. The second-order valence-electron chi connectivity index (χ2n) is 7.03. The first-order chi connectivity index (χ1) is 15.4. The molecular formula is C22H18BrCl2N5O2. The van der Waals surface area contributed by atoms with Crippen molar-refractivity contribution in [2.24, 2.45) is 0 Å². The van der Waals surface area contributed by atoms with E-state index in [0.717, 1.165) is 5.56 Å². The van der Waals surface area contributed by atoms with Gasteiger partial charge in [-0.3, -0.25) is 9.48 Å². The highest BCUT2D eigenvalue weighted by Gasteiger charge is 2.15. The van der Waals surface area contributed by atoms with Gasteiger partial charge in [0.25, 0.3) is 5.91 Å². The SMILES string of the molecule is Cc1ccc(Cn2cc(Br)c(NC(=O)c3ccn(COc4c(Cl)cccc4Cl)n3)n2)cc1. The van der Waals surface area contributed by atoms with E-state index in [2.05, 4.69) is 43.6 Å². The Morgan fingerprint density at radius 3 is 2.50 bits per heavy atom. The molecule has 0 radical (unpaired) electrons. The summed E-state index contributed by atoms with van der Waals surface area (Å²) in [6, 6.07) is 14.9. The van der Waals surface area contributed by atoms with Crippen LogP contribution < -0.4 is 10.1 Å². The number of halogens is 3.